The minimum absolute atomic E-state index is 0.0437. The van der Waals surface area contributed by atoms with Crippen molar-refractivity contribution in [1.82, 2.24) is 5.16 Å². The van der Waals surface area contributed by atoms with Gasteiger partial charge >= 0.3 is 0 Å². The highest BCUT2D eigenvalue weighted by Crippen LogP contribution is 2.32. The lowest BCUT2D eigenvalue weighted by Gasteiger charge is -2.07. The molecule has 0 saturated carbocycles. The highest BCUT2D eigenvalue weighted by Gasteiger charge is 2.24. The molecule has 9 heteroatoms. The number of anilines is 2. The average molecular weight is 485 g/mol. The standard InChI is InChI=1S/C27H20FN3O5/c1-15-7-8-16(13-20(15)28)23-14-21(31-36-23)26(32)30-24-19-5-3-4-6-22(19)35-25(24)27(33)29-17-9-11-18(34-2)12-10-17/h3-14H,1-2H3,(H,29,33)(H,30,32). The predicted molar refractivity (Wildman–Crippen MR) is 132 cm³/mol. The Bertz CT molecular complexity index is 1590. The van der Waals surface area contributed by atoms with Gasteiger partial charge in [-0.15, -0.1) is 0 Å². The van der Waals surface area contributed by atoms with Gasteiger partial charge in [0.05, 0.1) is 7.11 Å². The van der Waals surface area contributed by atoms with Gasteiger partial charge in [-0.05, 0) is 55.0 Å². The summed E-state index contributed by atoms with van der Waals surface area (Å²) in [6, 6.07) is 19.7. The number of aromatic nitrogens is 1. The molecule has 0 atom stereocenters. The molecule has 0 aliphatic rings. The van der Waals surface area contributed by atoms with Gasteiger partial charge in [-0.25, -0.2) is 4.39 Å². The Morgan fingerprint density at radius 2 is 1.72 bits per heavy atom. The minimum Gasteiger partial charge on any atom is -0.497 e. The number of benzene rings is 3. The van der Waals surface area contributed by atoms with Crippen LogP contribution in [0, 0.1) is 12.7 Å². The smallest absolute Gasteiger partial charge is 0.293 e. The first kappa shape index (κ1) is 22.9. The number of rotatable bonds is 6. The summed E-state index contributed by atoms with van der Waals surface area (Å²) in [4.78, 5) is 26.1. The third-order valence-corrected chi connectivity index (χ3v) is 5.59. The van der Waals surface area contributed by atoms with Crippen LogP contribution in [0.25, 0.3) is 22.3 Å². The number of nitrogens with zero attached hydrogens (tertiary/aromatic N) is 1. The molecule has 2 amide bonds. The number of hydrogen-bond donors (Lipinski definition) is 2. The predicted octanol–water partition coefficient (Wildman–Crippen LogP) is 6.05. The van der Waals surface area contributed by atoms with Crippen molar-refractivity contribution < 1.29 is 27.7 Å². The number of carbonyl (C=O) groups excluding carboxylic acids is 2. The van der Waals surface area contributed by atoms with Crippen molar-refractivity contribution in [2.24, 2.45) is 0 Å². The van der Waals surface area contributed by atoms with Crippen molar-refractivity contribution in [3.63, 3.8) is 0 Å². The molecule has 3 aromatic carbocycles. The highest BCUT2D eigenvalue weighted by atomic mass is 19.1. The zero-order valence-electron chi connectivity index (χ0n) is 19.3. The molecule has 2 aromatic heterocycles. The Morgan fingerprint density at radius 1 is 0.944 bits per heavy atom. The summed E-state index contributed by atoms with van der Waals surface area (Å²) >= 11 is 0. The number of nitrogens with one attached hydrogen (secondary N) is 2. The van der Waals surface area contributed by atoms with Gasteiger partial charge in [0.15, 0.2) is 11.5 Å². The van der Waals surface area contributed by atoms with E-state index in [1.165, 1.54) is 12.1 Å². The van der Waals surface area contributed by atoms with E-state index in [4.69, 9.17) is 13.7 Å². The van der Waals surface area contributed by atoms with E-state index in [1.54, 1.807) is 74.7 Å². The second-order valence-electron chi connectivity index (χ2n) is 7.98. The van der Waals surface area contributed by atoms with Gasteiger partial charge in [0.1, 0.15) is 22.8 Å². The maximum absolute atomic E-state index is 13.9. The number of halogens is 1. The Balaban J connectivity index is 1.43. The molecular weight excluding hydrogens is 465 g/mol. The fraction of sp³-hybridized carbons (Fsp3) is 0.0741. The summed E-state index contributed by atoms with van der Waals surface area (Å²) in [6.45, 7) is 1.65. The van der Waals surface area contributed by atoms with Gasteiger partial charge in [0, 0.05) is 22.7 Å². The topological polar surface area (TPSA) is 107 Å². The van der Waals surface area contributed by atoms with Gasteiger partial charge in [-0.3, -0.25) is 9.59 Å². The van der Waals surface area contributed by atoms with E-state index in [2.05, 4.69) is 15.8 Å². The summed E-state index contributed by atoms with van der Waals surface area (Å²) in [5, 5.41) is 9.81. The molecule has 8 nitrogen and oxygen atoms in total. The number of carbonyl (C=O) groups is 2. The summed E-state index contributed by atoms with van der Waals surface area (Å²) in [5.41, 5.74) is 2.01. The Labute approximate surface area is 204 Å². The Hall–Kier alpha value is -4.92. The largest absolute Gasteiger partial charge is 0.497 e. The van der Waals surface area contributed by atoms with Crippen molar-refractivity contribution >= 4 is 34.2 Å². The summed E-state index contributed by atoms with van der Waals surface area (Å²) in [6.07, 6.45) is 0. The van der Waals surface area contributed by atoms with E-state index in [0.717, 1.165) is 0 Å². The van der Waals surface area contributed by atoms with Crippen molar-refractivity contribution in [1.29, 1.82) is 0 Å². The quantitative estimate of drug-likeness (QED) is 0.303. The lowest BCUT2D eigenvalue weighted by atomic mass is 10.1. The number of fused-ring (bicyclic) bond motifs is 1. The number of methoxy groups -OCH3 is 1. The monoisotopic (exact) mass is 485 g/mol. The first-order chi connectivity index (χ1) is 17.4. The highest BCUT2D eigenvalue weighted by molar-refractivity contribution is 6.16. The summed E-state index contributed by atoms with van der Waals surface area (Å²) in [5.74, 6) is -0.777. The zero-order chi connectivity index (χ0) is 25.2. The number of ether oxygens (including phenoxy) is 1. The molecule has 0 unspecified atom stereocenters. The fourth-order valence-corrected chi connectivity index (χ4v) is 3.63. The number of amides is 2. The van der Waals surface area contributed by atoms with E-state index in [0.29, 0.717) is 33.5 Å². The maximum Gasteiger partial charge on any atom is 0.293 e. The molecule has 180 valence electrons. The third kappa shape index (κ3) is 4.41. The van der Waals surface area contributed by atoms with Gasteiger partial charge in [-0.2, -0.15) is 0 Å². The SMILES string of the molecule is COc1ccc(NC(=O)c2oc3ccccc3c2NC(=O)c2cc(-c3ccc(C)c(F)c3)on2)cc1. The molecule has 0 bridgehead atoms. The van der Waals surface area contributed by atoms with E-state index in [9.17, 15) is 14.0 Å². The fourth-order valence-electron chi connectivity index (χ4n) is 3.63. The number of aryl methyl sites for hydroxylation is 1. The van der Waals surface area contributed by atoms with E-state index in [-0.39, 0.29) is 22.9 Å². The van der Waals surface area contributed by atoms with E-state index < -0.39 is 17.6 Å². The molecule has 0 aliphatic carbocycles. The first-order valence-corrected chi connectivity index (χ1v) is 10.9. The van der Waals surface area contributed by atoms with Crippen molar-refractivity contribution in [3.05, 3.63) is 95.6 Å². The van der Waals surface area contributed by atoms with Crippen LogP contribution in [0.3, 0.4) is 0 Å². The van der Waals surface area contributed by atoms with E-state index in [1.807, 2.05) is 0 Å². The molecule has 0 spiro atoms. The van der Waals surface area contributed by atoms with Gasteiger partial charge in [0.2, 0.25) is 5.76 Å². The van der Waals surface area contributed by atoms with Crippen LogP contribution < -0.4 is 15.4 Å². The molecule has 2 N–H and O–H groups in total. The van der Waals surface area contributed by atoms with Crippen LogP contribution in [-0.2, 0) is 0 Å². The normalized spacial score (nSPS) is 10.9. The Kier molecular flexibility index (Phi) is 5.95. The maximum atomic E-state index is 13.9. The molecule has 36 heavy (non-hydrogen) atoms. The summed E-state index contributed by atoms with van der Waals surface area (Å²) in [7, 11) is 1.55. The molecule has 0 saturated heterocycles. The molecule has 5 aromatic rings. The average Bonchev–Trinajstić information content (AvgIpc) is 3.52. The van der Waals surface area contributed by atoms with Crippen molar-refractivity contribution in [2.75, 3.05) is 17.7 Å². The van der Waals surface area contributed by atoms with Crippen LogP contribution in [0.4, 0.5) is 15.8 Å². The molecule has 2 heterocycles. The van der Waals surface area contributed by atoms with Crippen LogP contribution in [0.15, 0.2) is 81.7 Å². The third-order valence-electron chi connectivity index (χ3n) is 5.59. The van der Waals surface area contributed by atoms with Crippen molar-refractivity contribution in [3.8, 4) is 17.1 Å². The molecular formula is C27H20FN3O5. The van der Waals surface area contributed by atoms with Crippen LogP contribution in [0.5, 0.6) is 5.75 Å². The second kappa shape index (κ2) is 9.38. The van der Waals surface area contributed by atoms with Crippen molar-refractivity contribution in [2.45, 2.75) is 6.92 Å². The number of furan rings is 1. The van der Waals surface area contributed by atoms with Gasteiger partial charge in [-0.1, -0.05) is 29.4 Å². The molecule has 0 aliphatic heterocycles. The molecule has 0 radical (unpaired) electrons. The zero-order valence-corrected chi connectivity index (χ0v) is 19.3. The van der Waals surface area contributed by atoms with Gasteiger partial charge in [0.25, 0.3) is 11.8 Å². The number of hydrogen-bond acceptors (Lipinski definition) is 6. The summed E-state index contributed by atoms with van der Waals surface area (Å²) < 4.78 is 30.1. The lowest BCUT2D eigenvalue weighted by Crippen LogP contribution is -2.17. The van der Waals surface area contributed by atoms with E-state index >= 15 is 0 Å². The van der Waals surface area contributed by atoms with Gasteiger partial charge < -0.3 is 24.3 Å². The lowest BCUT2D eigenvalue weighted by molar-refractivity contribution is 0.0999. The number of para-hydroxylation sites is 1. The first-order valence-electron chi connectivity index (χ1n) is 10.9. The molecule has 5 rings (SSSR count). The Morgan fingerprint density at radius 3 is 2.47 bits per heavy atom. The van der Waals surface area contributed by atoms with Crippen LogP contribution >= 0.6 is 0 Å². The second-order valence-corrected chi connectivity index (χ2v) is 7.98. The molecule has 0 fully saturated rings. The van der Waals surface area contributed by atoms with Crippen LogP contribution in [0.1, 0.15) is 26.6 Å². The minimum atomic E-state index is -0.623. The van der Waals surface area contributed by atoms with Crippen LogP contribution in [0.2, 0.25) is 0 Å². The van der Waals surface area contributed by atoms with Crippen LogP contribution in [-0.4, -0.2) is 24.1 Å².